The number of nitrogens with zero attached hydrogens (tertiary/aromatic N) is 1. The molecule has 2 nitrogen and oxygen atoms in total. The molecule has 0 N–H and O–H groups in total. The minimum atomic E-state index is 0.223. The highest BCUT2D eigenvalue weighted by Crippen LogP contribution is 2.33. The molecule has 1 aliphatic heterocycles. The molecule has 0 spiro atoms. The predicted molar refractivity (Wildman–Crippen MR) is 73.2 cm³/mol. The number of thiazole rings is 1. The van der Waals surface area contributed by atoms with Crippen molar-refractivity contribution in [2.75, 3.05) is 6.61 Å². The Labute approximate surface area is 113 Å². The molecule has 0 radical (unpaired) electrons. The molecule has 1 saturated heterocycles. The van der Waals surface area contributed by atoms with Crippen LogP contribution < -0.4 is 0 Å². The standard InChI is InChI=1S/C13H12BrNOS/c14-10-4-1-3-9(7-10)11-8-17-13(15-11)12-5-2-6-16-12/h1,3-4,7-8,12H,2,5-6H2. The van der Waals surface area contributed by atoms with Gasteiger partial charge in [0.15, 0.2) is 0 Å². The van der Waals surface area contributed by atoms with Gasteiger partial charge in [-0.15, -0.1) is 11.3 Å². The fourth-order valence-corrected chi connectivity index (χ4v) is 3.30. The fourth-order valence-electron chi connectivity index (χ4n) is 1.99. The molecule has 17 heavy (non-hydrogen) atoms. The van der Waals surface area contributed by atoms with Gasteiger partial charge in [-0.05, 0) is 25.0 Å². The normalized spacial score (nSPS) is 19.7. The van der Waals surface area contributed by atoms with Gasteiger partial charge in [0.05, 0.1) is 5.69 Å². The van der Waals surface area contributed by atoms with E-state index in [1.807, 2.05) is 12.1 Å². The van der Waals surface area contributed by atoms with Crippen LogP contribution in [-0.4, -0.2) is 11.6 Å². The molecule has 1 fully saturated rings. The Morgan fingerprint density at radius 1 is 1.41 bits per heavy atom. The van der Waals surface area contributed by atoms with Gasteiger partial charge in [-0.1, -0.05) is 28.1 Å². The molecule has 4 heteroatoms. The van der Waals surface area contributed by atoms with Gasteiger partial charge in [-0.3, -0.25) is 0 Å². The van der Waals surface area contributed by atoms with E-state index in [0.717, 1.165) is 40.2 Å². The molecule has 2 aromatic rings. The van der Waals surface area contributed by atoms with Gasteiger partial charge >= 0.3 is 0 Å². The molecule has 2 heterocycles. The molecule has 0 amide bonds. The van der Waals surface area contributed by atoms with Crippen molar-refractivity contribution in [1.82, 2.24) is 4.98 Å². The summed E-state index contributed by atoms with van der Waals surface area (Å²) in [5, 5.41) is 3.22. The van der Waals surface area contributed by atoms with Crippen LogP contribution in [0.5, 0.6) is 0 Å². The zero-order chi connectivity index (χ0) is 11.7. The predicted octanol–water partition coefficient (Wildman–Crippen LogP) is 4.42. The van der Waals surface area contributed by atoms with Crippen LogP contribution in [-0.2, 0) is 4.74 Å². The van der Waals surface area contributed by atoms with Gasteiger partial charge in [0.25, 0.3) is 0 Å². The molecule has 0 saturated carbocycles. The molecule has 1 atom stereocenters. The largest absolute Gasteiger partial charge is 0.371 e. The Morgan fingerprint density at radius 3 is 3.12 bits per heavy atom. The molecule has 3 rings (SSSR count). The van der Waals surface area contributed by atoms with Crippen molar-refractivity contribution in [2.45, 2.75) is 18.9 Å². The molecular weight excluding hydrogens is 298 g/mol. The Bertz CT molecular complexity index is 520. The highest BCUT2D eigenvalue weighted by Gasteiger charge is 2.21. The molecular formula is C13H12BrNOS. The lowest BCUT2D eigenvalue weighted by atomic mass is 10.2. The zero-order valence-corrected chi connectivity index (χ0v) is 11.6. The Balaban J connectivity index is 1.89. The summed E-state index contributed by atoms with van der Waals surface area (Å²) < 4.78 is 6.74. The third-order valence-corrected chi connectivity index (χ3v) is 4.28. The zero-order valence-electron chi connectivity index (χ0n) is 9.23. The lowest BCUT2D eigenvalue weighted by molar-refractivity contribution is 0.112. The SMILES string of the molecule is Brc1cccc(-c2csc(C3CCCO3)n2)c1. The molecule has 88 valence electrons. The minimum Gasteiger partial charge on any atom is -0.371 e. The summed E-state index contributed by atoms with van der Waals surface area (Å²) in [6.45, 7) is 0.871. The van der Waals surface area contributed by atoms with Crippen molar-refractivity contribution in [3.8, 4) is 11.3 Å². The second kappa shape index (κ2) is 4.88. The fraction of sp³-hybridized carbons (Fsp3) is 0.308. The van der Waals surface area contributed by atoms with Crippen LogP contribution in [0.1, 0.15) is 24.0 Å². The van der Waals surface area contributed by atoms with Crippen molar-refractivity contribution in [3.05, 3.63) is 39.1 Å². The van der Waals surface area contributed by atoms with Gasteiger partial charge in [-0.2, -0.15) is 0 Å². The van der Waals surface area contributed by atoms with E-state index >= 15 is 0 Å². The van der Waals surface area contributed by atoms with E-state index in [-0.39, 0.29) is 6.10 Å². The smallest absolute Gasteiger partial charge is 0.122 e. The first-order valence-corrected chi connectivity index (χ1v) is 7.33. The molecule has 1 unspecified atom stereocenters. The van der Waals surface area contributed by atoms with E-state index in [4.69, 9.17) is 4.74 Å². The van der Waals surface area contributed by atoms with Crippen LogP contribution in [0.25, 0.3) is 11.3 Å². The van der Waals surface area contributed by atoms with Crippen LogP contribution in [0, 0.1) is 0 Å². The average Bonchev–Trinajstić information content (AvgIpc) is 3.00. The summed E-state index contributed by atoms with van der Waals surface area (Å²) in [5.41, 5.74) is 2.20. The molecule has 1 aliphatic rings. The summed E-state index contributed by atoms with van der Waals surface area (Å²) in [7, 11) is 0. The minimum absolute atomic E-state index is 0.223. The topological polar surface area (TPSA) is 22.1 Å². The highest BCUT2D eigenvalue weighted by atomic mass is 79.9. The monoisotopic (exact) mass is 309 g/mol. The number of aromatic nitrogens is 1. The Hall–Kier alpha value is -0.710. The van der Waals surface area contributed by atoms with Gasteiger partial charge in [0.2, 0.25) is 0 Å². The van der Waals surface area contributed by atoms with Crippen LogP contribution in [0.2, 0.25) is 0 Å². The number of hydrogen-bond acceptors (Lipinski definition) is 3. The van der Waals surface area contributed by atoms with Gasteiger partial charge < -0.3 is 4.74 Å². The molecule has 1 aromatic carbocycles. The number of ether oxygens (including phenoxy) is 1. The van der Waals surface area contributed by atoms with Crippen molar-refractivity contribution in [3.63, 3.8) is 0 Å². The Kier molecular flexibility index (Phi) is 3.27. The van der Waals surface area contributed by atoms with Gasteiger partial charge in [-0.25, -0.2) is 4.98 Å². The van der Waals surface area contributed by atoms with Crippen molar-refractivity contribution in [1.29, 1.82) is 0 Å². The first kappa shape index (κ1) is 11.4. The van der Waals surface area contributed by atoms with E-state index in [1.165, 1.54) is 0 Å². The second-order valence-electron chi connectivity index (χ2n) is 4.08. The number of hydrogen-bond donors (Lipinski definition) is 0. The van der Waals surface area contributed by atoms with Gasteiger partial charge in [0, 0.05) is 22.0 Å². The third-order valence-electron chi connectivity index (χ3n) is 2.85. The average molecular weight is 310 g/mol. The molecule has 0 aliphatic carbocycles. The molecule has 0 bridgehead atoms. The number of benzene rings is 1. The maximum atomic E-state index is 5.65. The first-order valence-electron chi connectivity index (χ1n) is 5.66. The van der Waals surface area contributed by atoms with E-state index in [2.05, 4.69) is 38.4 Å². The van der Waals surface area contributed by atoms with Crippen LogP contribution in [0.4, 0.5) is 0 Å². The van der Waals surface area contributed by atoms with Gasteiger partial charge in [0.1, 0.15) is 11.1 Å². The van der Waals surface area contributed by atoms with E-state index in [0.29, 0.717) is 0 Å². The third kappa shape index (κ3) is 2.44. The maximum absolute atomic E-state index is 5.65. The van der Waals surface area contributed by atoms with E-state index in [9.17, 15) is 0 Å². The van der Waals surface area contributed by atoms with E-state index < -0.39 is 0 Å². The summed E-state index contributed by atoms with van der Waals surface area (Å²) in [6, 6.07) is 8.23. The summed E-state index contributed by atoms with van der Waals surface area (Å²) in [4.78, 5) is 4.68. The first-order chi connectivity index (χ1) is 8.33. The Morgan fingerprint density at radius 2 is 2.35 bits per heavy atom. The maximum Gasteiger partial charge on any atom is 0.122 e. The van der Waals surface area contributed by atoms with Crippen molar-refractivity contribution in [2.24, 2.45) is 0 Å². The van der Waals surface area contributed by atoms with Crippen LogP contribution in [0.15, 0.2) is 34.1 Å². The van der Waals surface area contributed by atoms with Crippen molar-refractivity contribution >= 4 is 27.3 Å². The summed E-state index contributed by atoms with van der Waals surface area (Å²) in [6.07, 6.45) is 2.47. The quantitative estimate of drug-likeness (QED) is 0.819. The summed E-state index contributed by atoms with van der Waals surface area (Å²) in [5.74, 6) is 0. The van der Waals surface area contributed by atoms with E-state index in [1.54, 1.807) is 11.3 Å². The summed E-state index contributed by atoms with van der Waals surface area (Å²) >= 11 is 5.18. The second-order valence-corrected chi connectivity index (χ2v) is 5.89. The number of rotatable bonds is 2. The number of halogens is 1. The highest BCUT2D eigenvalue weighted by molar-refractivity contribution is 9.10. The van der Waals surface area contributed by atoms with Crippen LogP contribution >= 0.6 is 27.3 Å². The lowest BCUT2D eigenvalue weighted by Crippen LogP contribution is -1.94. The lowest BCUT2D eigenvalue weighted by Gasteiger charge is -2.03. The van der Waals surface area contributed by atoms with Crippen LogP contribution in [0.3, 0.4) is 0 Å². The molecule has 1 aromatic heterocycles. The van der Waals surface area contributed by atoms with Crippen molar-refractivity contribution < 1.29 is 4.74 Å².